The molecule has 1 nitrogen and oxygen atoms in total. The highest BCUT2D eigenvalue weighted by Crippen LogP contribution is 2.31. The monoisotopic (exact) mass is 430 g/mol. The van der Waals surface area contributed by atoms with Crippen LogP contribution in [0.5, 0.6) is 0 Å². The van der Waals surface area contributed by atoms with Crippen molar-refractivity contribution in [2.75, 3.05) is 0 Å². The molecule has 0 heterocycles. The molecule has 0 radical (unpaired) electrons. The Kier molecular flexibility index (Phi) is 4.76. The molecule has 0 N–H and O–H groups in total. The van der Waals surface area contributed by atoms with Crippen LogP contribution < -0.4 is 0 Å². The largest absolute Gasteiger partial charge is 0.298 e. The van der Waals surface area contributed by atoms with Crippen molar-refractivity contribution >= 4 is 54.1 Å². The van der Waals surface area contributed by atoms with E-state index in [4.69, 9.17) is 0 Å². The van der Waals surface area contributed by atoms with Crippen molar-refractivity contribution in [2.24, 2.45) is 0 Å². The summed E-state index contributed by atoms with van der Waals surface area (Å²) in [5, 5.41) is 0.746. The van der Waals surface area contributed by atoms with E-state index in [1.54, 1.807) is 0 Å². The van der Waals surface area contributed by atoms with Gasteiger partial charge < -0.3 is 0 Å². The Morgan fingerprint density at radius 3 is 2.17 bits per heavy atom. The smallest absolute Gasteiger partial charge is 0.150 e. The van der Waals surface area contributed by atoms with Crippen LogP contribution in [-0.4, -0.2) is 6.29 Å². The molecule has 92 valence electrons. The third kappa shape index (κ3) is 2.92. The number of alkyl halides is 1. The Bertz CT molecular complexity index is 594. The Hall–Kier alpha value is -0.450. The van der Waals surface area contributed by atoms with Gasteiger partial charge in [0.25, 0.3) is 0 Å². The maximum absolute atomic E-state index is 11.2. The molecule has 2 rings (SSSR count). The summed E-state index contributed by atoms with van der Waals surface area (Å²) in [6, 6.07) is 11.8. The first kappa shape index (κ1) is 14.0. The number of benzene rings is 2. The number of halogens is 3. The average molecular weight is 433 g/mol. The maximum Gasteiger partial charge on any atom is 0.150 e. The van der Waals surface area contributed by atoms with Crippen molar-refractivity contribution in [1.29, 1.82) is 0 Å². The van der Waals surface area contributed by atoms with E-state index in [1.807, 2.05) is 30.3 Å². The highest BCUT2D eigenvalue weighted by Gasteiger charge is 2.09. The molecule has 2 aromatic carbocycles. The van der Waals surface area contributed by atoms with Gasteiger partial charge in [-0.3, -0.25) is 4.79 Å². The van der Waals surface area contributed by atoms with Gasteiger partial charge in [-0.15, -0.1) is 0 Å². The quantitative estimate of drug-likeness (QED) is 0.456. The minimum absolute atomic E-state index is 0.689. The minimum Gasteiger partial charge on any atom is -0.298 e. The Morgan fingerprint density at radius 2 is 1.56 bits per heavy atom. The lowest BCUT2D eigenvalue weighted by atomic mass is 9.97. The van der Waals surface area contributed by atoms with Gasteiger partial charge in [0.05, 0.1) is 0 Å². The van der Waals surface area contributed by atoms with Crippen LogP contribution in [0.25, 0.3) is 11.1 Å². The molecule has 0 saturated heterocycles. The molecule has 0 saturated carbocycles. The van der Waals surface area contributed by atoms with Gasteiger partial charge in [0.2, 0.25) is 0 Å². The lowest BCUT2D eigenvalue weighted by Gasteiger charge is -2.10. The number of carbonyl (C=O) groups is 1. The molecule has 0 amide bonds. The molecule has 0 aliphatic heterocycles. The molecule has 0 bridgehead atoms. The van der Waals surface area contributed by atoms with E-state index in [1.165, 1.54) is 0 Å². The fourth-order valence-corrected chi connectivity index (χ4v) is 3.06. The van der Waals surface area contributed by atoms with Gasteiger partial charge in [0, 0.05) is 19.8 Å². The first-order valence-electron chi connectivity index (χ1n) is 5.25. The topological polar surface area (TPSA) is 17.1 Å². The highest BCUT2D eigenvalue weighted by molar-refractivity contribution is 9.10. The van der Waals surface area contributed by atoms with Gasteiger partial charge >= 0.3 is 0 Å². The fourth-order valence-electron chi connectivity index (χ4n) is 1.81. The second-order valence-corrected chi connectivity index (χ2v) is 6.18. The molecule has 0 unspecified atom stereocenters. The molecule has 0 spiro atoms. The molecular formula is C14H9Br3O. The van der Waals surface area contributed by atoms with E-state index in [9.17, 15) is 4.79 Å². The molecule has 0 aromatic heterocycles. The van der Waals surface area contributed by atoms with Gasteiger partial charge in [-0.25, -0.2) is 0 Å². The third-order valence-electron chi connectivity index (χ3n) is 2.64. The van der Waals surface area contributed by atoms with Crippen molar-refractivity contribution in [2.45, 2.75) is 5.33 Å². The van der Waals surface area contributed by atoms with Gasteiger partial charge in [0.15, 0.2) is 6.29 Å². The molecule has 0 atom stereocenters. The summed E-state index contributed by atoms with van der Waals surface area (Å²) in [6.07, 6.45) is 0.889. The van der Waals surface area contributed by atoms with Crippen LogP contribution in [-0.2, 0) is 5.33 Å². The van der Waals surface area contributed by atoms with E-state index in [-0.39, 0.29) is 0 Å². The molecule has 2 aromatic rings. The van der Waals surface area contributed by atoms with Crippen LogP contribution in [0.3, 0.4) is 0 Å². The second-order valence-electron chi connectivity index (χ2n) is 3.78. The van der Waals surface area contributed by atoms with Crippen LogP contribution in [0.4, 0.5) is 0 Å². The van der Waals surface area contributed by atoms with Gasteiger partial charge in [-0.05, 0) is 41.0 Å². The third-order valence-corrected chi connectivity index (χ3v) is 4.23. The molecular weight excluding hydrogens is 424 g/mol. The lowest BCUT2D eigenvalue weighted by Crippen LogP contribution is -1.92. The zero-order valence-electron chi connectivity index (χ0n) is 9.29. The van der Waals surface area contributed by atoms with E-state index in [2.05, 4.69) is 53.9 Å². The summed E-state index contributed by atoms with van der Waals surface area (Å²) in [5.41, 5.74) is 3.86. The van der Waals surface area contributed by atoms with E-state index in [0.717, 1.165) is 37.3 Å². The van der Waals surface area contributed by atoms with Crippen molar-refractivity contribution in [3.8, 4) is 11.1 Å². The van der Waals surface area contributed by atoms with Crippen LogP contribution in [0.15, 0.2) is 45.3 Å². The molecule has 4 heteroatoms. The first-order valence-corrected chi connectivity index (χ1v) is 7.96. The SMILES string of the molecule is O=Cc1cc(Br)ccc1-c1ccc(Br)cc1CBr. The predicted octanol–water partition coefficient (Wildman–Crippen LogP) is 5.59. The summed E-state index contributed by atoms with van der Waals surface area (Å²) in [7, 11) is 0. The summed E-state index contributed by atoms with van der Waals surface area (Å²) in [6.45, 7) is 0. The Morgan fingerprint density at radius 1 is 0.944 bits per heavy atom. The van der Waals surface area contributed by atoms with Gasteiger partial charge in [0.1, 0.15) is 0 Å². The summed E-state index contributed by atoms with van der Waals surface area (Å²) < 4.78 is 1.94. The standard InChI is InChI=1S/C14H9Br3O/c15-7-9-5-11(16)1-3-13(9)14-4-2-12(17)6-10(14)8-18/h1-6,8H,7H2. The van der Waals surface area contributed by atoms with Gasteiger partial charge in [-0.1, -0.05) is 59.9 Å². The number of aldehydes is 1. The summed E-state index contributed by atoms with van der Waals surface area (Å²) >= 11 is 10.3. The molecule has 0 aliphatic carbocycles. The highest BCUT2D eigenvalue weighted by atomic mass is 79.9. The first-order chi connectivity index (χ1) is 8.65. The normalized spacial score (nSPS) is 10.4. The van der Waals surface area contributed by atoms with Crippen molar-refractivity contribution in [3.05, 3.63) is 56.5 Å². The van der Waals surface area contributed by atoms with E-state index in [0.29, 0.717) is 5.56 Å². The fraction of sp³-hybridized carbons (Fsp3) is 0.0714. The van der Waals surface area contributed by atoms with Crippen molar-refractivity contribution in [3.63, 3.8) is 0 Å². The average Bonchev–Trinajstić information content (AvgIpc) is 2.38. The van der Waals surface area contributed by atoms with Crippen LogP contribution >= 0.6 is 47.8 Å². The molecule has 18 heavy (non-hydrogen) atoms. The van der Waals surface area contributed by atoms with Crippen LogP contribution in [0.2, 0.25) is 0 Å². The van der Waals surface area contributed by atoms with E-state index < -0.39 is 0 Å². The number of carbonyl (C=O) groups excluding carboxylic acids is 1. The second kappa shape index (κ2) is 6.13. The zero-order chi connectivity index (χ0) is 13.1. The maximum atomic E-state index is 11.2. The predicted molar refractivity (Wildman–Crippen MR) is 85.3 cm³/mol. The lowest BCUT2D eigenvalue weighted by molar-refractivity contribution is 0.112. The Labute approximate surface area is 131 Å². The summed E-state index contributed by atoms with van der Waals surface area (Å²) in [5.74, 6) is 0. The number of hydrogen-bond donors (Lipinski definition) is 0. The molecule has 0 fully saturated rings. The molecule has 0 aliphatic rings. The van der Waals surface area contributed by atoms with Crippen molar-refractivity contribution < 1.29 is 4.79 Å². The van der Waals surface area contributed by atoms with Crippen LogP contribution in [0.1, 0.15) is 15.9 Å². The summed E-state index contributed by atoms with van der Waals surface area (Å²) in [4.78, 5) is 11.2. The number of rotatable bonds is 3. The van der Waals surface area contributed by atoms with Gasteiger partial charge in [-0.2, -0.15) is 0 Å². The minimum atomic E-state index is 0.689. The number of hydrogen-bond acceptors (Lipinski definition) is 1. The zero-order valence-corrected chi connectivity index (χ0v) is 14.0. The van der Waals surface area contributed by atoms with E-state index >= 15 is 0 Å². The van der Waals surface area contributed by atoms with Crippen molar-refractivity contribution in [1.82, 2.24) is 0 Å². The van der Waals surface area contributed by atoms with Crippen LogP contribution in [0, 0.1) is 0 Å². The Balaban J connectivity index is 2.65.